The summed E-state index contributed by atoms with van der Waals surface area (Å²) in [6.45, 7) is 9.94. The summed E-state index contributed by atoms with van der Waals surface area (Å²) in [6.07, 6.45) is 0. The molecule has 0 bridgehead atoms. The number of aryl methyl sites for hydroxylation is 1. The molecule has 124 valence electrons. The molecule has 1 aliphatic rings. The topological polar surface area (TPSA) is 41.6 Å². The van der Waals surface area contributed by atoms with Crippen molar-refractivity contribution in [3.05, 3.63) is 35.4 Å². The first-order valence-electron chi connectivity index (χ1n) is 7.74. The Morgan fingerprint density at radius 2 is 1.82 bits per heavy atom. The highest BCUT2D eigenvalue weighted by Gasteiger charge is 2.23. The number of benzene rings is 1. The fraction of sp³-hybridized carbons (Fsp3) is 0.588. The summed E-state index contributed by atoms with van der Waals surface area (Å²) in [7, 11) is 0. The van der Waals surface area contributed by atoms with Crippen LogP contribution in [0.2, 0.25) is 0 Å². The van der Waals surface area contributed by atoms with Crippen LogP contribution in [0.25, 0.3) is 0 Å². The van der Waals surface area contributed by atoms with Crippen molar-refractivity contribution >= 4 is 18.3 Å². The lowest BCUT2D eigenvalue weighted by Gasteiger charge is -2.35. The summed E-state index contributed by atoms with van der Waals surface area (Å²) in [5, 5.41) is 3.07. The molecule has 1 amide bonds. The molecule has 0 spiro atoms. The third-order valence-corrected chi connectivity index (χ3v) is 3.94. The highest BCUT2D eigenvalue weighted by molar-refractivity contribution is 5.85. The Morgan fingerprint density at radius 1 is 1.23 bits per heavy atom. The number of rotatable bonds is 5. The molecule has 0 aliphatic carbocycles. The maximum Gasteiger partial charge on any atom is 0.222 e. The van der Waals surface area contributed by atoms with Gasteiger partial charge in [0, 0.05) is 25.6 Å². The fourth-order valence-corrected chi connectivity index (χ4v) is 2.54. The van der Waals surface area contributed by atoms with Gasteiger partial charge in [0.2, 0.25) is 5.91 Å². The quantitative estimate of drug-likeness (QED) is 0.904. The molecule has 1 atom stereocenters. The van der Waals surface area contributed by atoms with Gasteiger partial charge in [0.1, 0.15) is 0 Å². The SMILES string of the molecule is Cc1ccc(C(CNC(=O)C(C)C)N2CCOCC2)cc1.Cl. The van der Waals surface area contributed by atoms with Gasteiger partial charge in [0.05, 0.1) is 19.3 Å². The average molecular weight is 327 g/mol. The molecule has 0 aromatic heterocycles. The highest BCUT2D eigenvalue weighted by atomic mass is 35.5. The van der Waals surface area contributed by atoms with Crippen LogP contribution in [0.1, 0.15) is 31.0 Å². The number of morpholine rings is 1. The summed E-state index contributed by atoms with van der Waals surface area (Å²) in [4.78, 5) is 14.3. The van der Waals surface area contributed by atoms with Crippen molar-refractivity contribution in [2.24, 2.45) is 5.92 Å². The summed E-state index contributed by atoms with van der Waals surface area (Å²) in [6, 6.07) is 8.81. The first kappa shape index (κ1) is 18.9. The van der Waals surface area contributed by atoms with E-state index in [-0.39, 0.29) is 30.3 Å². The molecule has 0 saturated carbocycles. The van der Waals surface area contributed by atoms with Gasteiger partial charge in [-0.15, -0.1) is 12.4 Å². The van der Waals surface area contributed by atoms with E-state index in [1.165, 1.54) is 11.1 Å². The van der Waals surface area contributed by atoms with Crippen molar-refractivity contribution in [1.29, 1.82) is 0 Å². The molecule has 1 heterocycles. The maximum atomic E-state index is 11.9. The van der Waals surface area contributed by atoms with Crippen molar-refractivity contribution < 1.29 is 9.53 Å². The smallest absolute Gasteiger partial charge is 0.222 e. The van der Waals surface area contributed by atoms with Gasteiger partial charge in [-0.1, -0.05) is 43.7 Å². The van der Waals surface area contributed by atoms with Crippen LogP contribution < -0.4 is 5.32 Å². The van der Waals surface area contributed by atoms with Crippen molar-refractivity contribution in [3.8, 4) is 0 Å². The summed E-state index contributed by atoms with van der Waals surface area (Å²) in [5.41, 5.74) is 2.51. The van der Waals surface area contributed by atoms with Crippen LogP contribution in [0.5, 0.6) is 0 Å². The Kier molecular flexibility index (Phi) is 7.87. The monoisotopic (exact) mass is 326 g/mol. The van der Waals surface area contributed by atoms with Gasteiger partial charge in [0.15, 0.2) is 0 Å². The molecule has 5 heteroatoms. The van der Waals surface area contributed by atoms with Crippen molar-refractivity contribution in [2.45, 2.75) is 26.8 Å². The van der Waals surface area contributed by atoms with E-state index in [0.717, 1.165) is 26.3 Å². The van der Waals surface area contributed by atoms with Gasteiger partial charge in [-0.2, -0.15) is 0 Å². The second kappa shape index (κ2) is 9.13. The van der Waals surface area contributed by atoms with Crippen LogP contribution >= 0.6 is 12.4 Å². The Morgan fingerprint density at radius 3 is 2.36 bits per heavy atom. The number of halogens is 1. The highest BCUT2D eigenvalue weighted by Crippen LogP contribution is 2.21. The predicted octanol–water partition coefficient (Wildman–Crippen LogP) is 2.56. The lowest BCUT2D eigenvalue weighted by atomic mass is 10.0. The summed E-state index contributed by atoms with van der Waals surface area (Å²) in [5.74, 6) is 0.133. The second-order valence-electron chi connectivity index (χ2n) is 5.97. The first-order chi connectivity index (χ1) is 10.1. The Hall–Kier alpha value is -1.10. The molecule has 1 aromatic rings. The number of carbonyl (C=O) groups is 1. The largest absolute Gasteiger partial charge is 0.379 e. The first-order valence-corrected chi connectivity index (χ1v) is 7.74. The molecule has 0 radical (unpaired) electrons. The van der Waals surface area contributed by atoms with Crippen LogP contribution in [0.3, 0.4) is 0 Å². The molecule has 2 rings (SSSR count). The van der Waals surface area contributed by atoms with Crippen LogP contribution in [-0.2, 0) is 9.53 Å². The molecule has 1 saturated heterocycles. The van der Waals surface area contributed by atoms with E-state index in [1.54, 1.807) is 0 Å². The van der Waals surface area contributed by atoms with Gasteiger partial charge >= 0.3 is 0 Å². The van der Waals surface area contributed by atoms with E-state index in [2.05, 4.69) is 41.4 Å². The molecular formula is C17H27ClN2O2. The van der Waals surface area contributed by atoms with Crippen LogP contribution in [0.4, 0.5) is 0 Å². The maximum absolute atomic E-state index is 11.9. The number of nitrogens with one attached hydrogen (secondary N) is 1. The van der Waals surface area contributed by atoms with Gasteiger partial charge < -0.3 is 10.1 Å². The minimum atomic E-state index is 0. The number of hydrogen-bond donors (Lipinski definition) is 1. The van der Waals surface area contributed by atoms with E-state index < -0.39 is 0 Å². The molecule has 4 nitrogen and oxygen atoms in total. The zero-order chi connectivity index (χ0) is 15.2. The van der Waals surface area contributed by atoms with Gasteiger partial charge in [-0.25, -0.2) is 0 Å². The second-order valence-corrected chi connectivity index (χ2v) is 5.97. The predicted molar refractivity (Wildman–Crippen MR) is 91.4 cm³/mol. The van der Waals surface area contributed by atoms with E-state index >= 15 is 0 Å². The lowest BCUT2D eigenvalue weighted by molar-refractivity contribution is -0.124. The standard InChI is InChI=1S/C17H26N2O2.ClH/c1-13(2)17(20)18-12-16(19-8-10-21-11-9-19)15-6-4-14(3)5-7-15;/h4-7,13,16H,8-12H2,1-3H3,(H,18,20);1H. The van der Waals surface area contributed by atoms with E-state index in [0.29, 0.717) is 6.54 Å². The van der Waals surface area contributed by atoms with Crippen molar-refractivity contribution in [1.82, 2.24) is 10.2 Å². The van der Waals surface area contributed by atoms with Crippen molar-refractivity contribution in [2.75, 3.05) is 32.8 Å². The Labute approximate surface area is 139 Å². The normalized spacial score (nSPS) is 16.9. The van der Waals surface area contributed by atoms with E-state index in [1.807, 2.05) is 13.8 Å². The molecule has 22 heavy (non-hydrogen) atoms. The van der Waals surface area contributed by atoms with Crippen molar-refractivity contribution in [3.63, 3.8) is 0 Å². The van der Waals surface area contributed by atoms with Gasteiger partial charge in [-0.3, -0.25) is 9.69 Å². The number of amides is 1. The Bertz CT molecular complexity index is 456. The summed E-state index contributed by atoms with van der Waals surface area (Å²) < 4.78 is 5.44. The molecule has 1 aliphatic heterocycles. The summed E-state index contributed by atoms with van der Waals surface area (Å²) >= 11 is 0. The molecule has 1 unspecified atom stereocenters. The van der Waals surface area contributed by atoms with E-state index in [4.69, 9.17) is 4.74 Å². The molecule has 1 N–H and O–H groups in total. The van der Waals surface area contributed by atoms with Gasteiger partial charge in [-0.05, 0) is 12.5 Å². The zero-order valence-corrected chi connectivity index (χ0v) is 14.5. The van der Waals surface area contributed by atoms with Gasteiger partial charge in [0.25, 0.3) is 0 Å². The van der Waals surface area contributed by atoms with Crippen LogP contribution in [0, 0.1) is 12.8 Å². The zero-order valence-electron chi connectivity index (χ0n) is 13.7. The van der Waals surface area contributed by atoms with Crippen LogP contribution in [-0.4, -0.2) is 43.7 Å². The molecule has 1 fully saturated rings. The number of carbonyl (C=O) groups excluding carboxylic acids is 1. The third-order valence-electron chi connectivity index (χ3n) is 3.94. The Balaban J connectivity index is 0.00000242. The number of nitrogens with zero attached hydrogens (tertiary/aromatic N) is 1. The minimum absolute atomic E-state index is 0. The van der Waals surface area contributed by atoms with E-state index in [9.17, 15) is 4.79 Å². The fourth-order valence-electron chi connectivity index (χ4n) is 2.54. The number of hydrogen-bond acceptors (Lipinski definition) is 3. The molecule has 1 aromatic carbocycles. The third kappa shape index (κ3) is 5.27. The average Bonchev–Trinajstić information content (AvgIpc) is 2.50. The number of ether oxygens (including phenoxy) is 1. The molecular weight excluding hydrogens is 300 g/mol. The van der Waals surface area contributed by atoms with Crippen LogP contribution in [0.15, 0.2) is 24.3 Å². The lowest BCUT2D eigenvalue weighted by Crippen LogP contribution is -2.44. The minimum Gasteiger partial charge on any atom is -0.379 e.